The van der Waals surface area contributed by atoms with E-state index in [0.717, 1.165) is 22.5 Å². The highest BCUT2D eigenvalue weighted by molar-refractivity contribution is 6.03. The smallest absolute Gasteiger partial charge is 0.240 e. The number of anilines is 1. The molecule has 3 rings (SSSR count). The maximum absolute atomic E-state index is 13.1. The van der Waals surface area contributed by atoms with E-state index in [1.54, 1.807) is 12.1 Å². The lowest BCUT2D eigenvalue weighted by Gasteiger charge is -2.21. The van der Waals surface area contributed by atoms with Crippen LogP contribution in [-0.2, 0) is 4.79 Å². The van der Waals surface area contributed by atoms with Crippen LogP contribution in [0.4, 0.5) is 10.1 Å². The average molecular weight is 325 g/mol. The van der Waals surface area contributed by atoms with E-state index in [0.29, 0.717) is 6.42 Å². The molecular weight excluding hydrogens is 305 g/mol. The van der Waals surface area contributed by atoms with Crippen LogP contribution in [0.3, 0.4) is 0 Å². The second-order valence-corrected chi connectivity index (χ2v) is 6.12. The predicted octanol–water partition coefficient (Wildman–Crippen LogP) is 3.59. The molecule has 2 aromatic rings. The van der Waals surface area contributed by atoms with Crippen LogP contribution < -0.4 is 4.90 Å². The molecule has 1 atom stereocenters. The highest BCUT2D eigenvalue weighted by atomic mass is 19.1. The first-order valence-electron chi connectivity index (χ1n) is 7.86. The molecule has 0 saturated heterocycles. The first kappa shape index (κ1) is 16.2. The molecule has 2 aromatic carbocycles. The van der Waals surface area contributed by atoms with Gasteiger partial charge in [0.05, 0.1) is 11.8 Å². The van der Waals surface area contributed by atoms with Crippen LogP contribution in [-0.4, -0.2) is 30.7 Å². The maximum Gasteiger partial charge on any atom is 0.240 e. The van der Waals surface area contributed by atoms with Crippen molar-refractivity contribution in [1.82, 2.24) is 5.01 Å². The van der Waals surface area contributed by atoms with Crippen molar-refractivity contribution in [1.29, 1.82) is 0 Å². The van der Waals surface area contributed by atoms with Gasteiger partial charge in [-0.05, 0) is 35.4 Å². The van der Waals surface area contributed by atoms with Crippen molar-refractivity contribution in [3.8, 4) is 0 Å². The van der Waals surface area contributed by atoms with Gasteiger partial charge in [-0.1, -0.05) is 24.3 Å². The van der Waals surface area contributed by atoms with Crippen LogP contribution in [0, 0.1) is 5.82 Å². The van der Waals surface area contributed by atoms with Gasteiger partial charge >= 0.3 is 0 Å². The summed E-state index contributed by atoms with van der Waals surface area (Å²) in [5, 5.41) is 5.99. The highest BCUT2D eigenvalue weighted by Gasteiger charge is 2.31. The third kappa shape index (κ3) is 3.15. The van der Waals surface area contributed by atoms with Gasteiger partial charge in [-0.15, -0.1) is 0 Å². The van der Waals surface area contributed by atoms with Gasteiger partial charge < -0.3 is 4.90 Å². The van der Waals surface area contributed by atoms with Crippen molar-refractivity contribution in [3.05, 3.63) is 65.5 Å². The largest absolute Gasteiger partial charge is 0.378 e. The lowest BCUT2D eigenvalue weighted by atomic mass is 9.98. The molecule has 0 aromatic heterocycles. The minimum atomic E-state index is -0.281. The van der Waals surface area contributed by atoms with Crippen molar-refractivity contribution < 1.29 is 9.18 Å². The zero-order chi connectivity index (χ0) is 17.3. The number of nitrogens with zero attached hydrogens (tertiary/aromatic N) is 3. The molecule has 0 spiro atoms. The summed E-state index contributed by atoms with van der Waals surface area (Å²) < 4.78 is 13.1. The first-order chi connectivity index (χ1) is 11.5. The van der Waals surface area contributed by atoms with Crippen LogP contribution in [0.1, 0.15) is 30.5 Å². The molecule has 0 saturated carbocycles. The van der Waals surface area contributed by atoms with E-state index in [2.05, 4.69) is 5.10 Å². The molecule has 1 amide bonds. The van der Waals surface area contributed by atoms with Crippen molar-refractivity contribution >= 4 is 17.3 Å². The molecule has 1 heterocycles. The third-order valence-corrected chi connectivity index (χ3v) is 4.20. The van der Waals surface area contributed by atoms with Crippen LogP contribution in [0.5, 0.6) is 0 Å². The van der Waals surface area contributed by atoms with E-state index in [1.807, 2.05) is 43.3 Å². The van der Waals surface area contributed by atoms with Gasteiger partial charge in [0.15, 0.2) is 0 Å². The monoisotopic (exact) mass is 325 g/mol. The van der Waals surface area contributed by atoms with Crippen molar-refractivity contribution in [2.45, 2.75) is 19.4 Å². The molecule has 1 aliphatic heterocycles. The lowest BCUT2D eigenvalue weighted by molar-refractivity contribution is -0.130. The van der Waals surface area contributed by atoms with E-state index >= 15 is 0 Å². The Morgan fingerprint density at radius 1 is 1.12 bits per heavy atom. The van der Waals surface area contributed by atoms with Gasteiger partial charge in [0, 0.05) is 33.1 Å². The van der Waals surface area contributed by atoms with Gasteiger partial charge in [-0.3, -0.25) is 4.79 Å². The number of hydrogen-bond donors (Lipinski definition) is 0. The summed E-state index contributed by atoms with van der Waals surface area (Å²) in [5.74, 6) is -0.384. The summed E-state index contributed by atoms with van der Waals surface area (Å²) in [6.07, 6.45) is 0.618. The number of hydrogen-bond acceptors (Lipinski definition) is 3. The van der Waals surface area contributed by atoms with Crippen LogP contribution in [0.15, 0.2) is 53.6 Å². The minimum absolute atomic E-state index is 0.103. The molecule has 4 nitrogen and oxygen atoms in total. The fraction of sp³-hybridized carbons (Fsp3) is 0.263. The quantitative estimate of drug-likeness (QED) is 0.864. The van der Waals surface area contributed by atoms with Gasteiger partial charge in [-0.2, -0.15) is 5.10 Å². The fourth-order valence-electron chi connectivity index (χ4n) is 2.87. The number of halogens is 1. The molecule has 0 fully saturated rings. The normalized spacial score (nSPS) is 16.9. The van der Waals surface area contributed by atoms with Crippen LogP contribution in [0.2, 0.25) is 0 Å². The van der Waals surface area contributed by atoms with E-state index in [4.69, 9.17) is 0 Å². The second kappa shape index (κ2) is 6.43. The Hall–Kier alpha value is -2.69. The Labute approximate surface area is 141 Å². The molecule has 0 N–H and O–H groups in total. The number of carbonyl (C=O) groups is 1. The van der Waals surface area contributed by atoms with Crippen molar-refractivity contribution in [2.24, 2.45) is 5.10 Å². The molecule has 5 heteroatoms. The number of amides is 1. The van der Waals surface area contributed by atoms with Gasteiger partial charge in [0.1, 0.15) is 5.82 Å². The van der Waals surface area contributed by atoms with Gasteiger partial charge in [-0.25, -0.2) is 9.40 Å². The van der Waals surface area contributed by atoms with Crippen LogP contribution >= 0.6 is 0 Å². The Morgan fingerprint density at radius 3 is 2.29 bits per heavy atom. The molecular formula is C19H20FN3O. The summed E-state index contributed by atoms with van der Waals surface area (Å²) in [5.41, 5.74) is 3.78. The topological polar surface area (TPSA) is 35.9 Å². The number of carbonyl (C=O) groups excluding carboxylic acids is 1. The molecule has 1 unspecified atom stereocenters. The first-order valence-corrected chi connectivity index (χ1v) is 7.86. The Bertz CT molecular complexity index is 766. The molecule has 0 radical (unpaired) electrons. The Kier molecular flexibility index (Phi) is 4.34. The number of rotatable bonds is 3. The number of hydrazone groups is 1. The SMILES string of the molecule is CC(=O)N1N=C(c2ccc(F)cc2)CC1c1ccc(N(C)C)cc1. The Morgan fingerprint density at radius 2 is 1.75 bits per heavy atom. The lowest BCUT2D eigenvalue weighted by Crippen LogP contribution is -2.24. The standard InChI is InChI=1S/C19H20FN3O/c1-13(24)23-19(15-6-10-17(11-7-15)22(2)3)12-18(21-23)14-4-8-16(20)9-5-14/h4-11,19H,12H2,1-3H3. The summed E-state index contributed by atoms with van der Waals surface area (Å²) in [4.78, 5) is 14.0. The second-order valence-electron chi connectivity index (χ2n) is 6.12. The van der Waals surface area contributed by atoms with E-state index in [-0.39, 0.29) is 17.8 Å². The zero-order valence-corrected chi connectivity index (χ0v) is 14.0. The van der Waals surface area contributed by atoms with E-state index in [1.165, 1.54) is 24.1 Å². The summed E-state index contributed by atoms with van der Waals surface area (Å²) >= 11 is 0. The summed E-state index contributed by atoms with van der Waals surface area (Å²) in [6, 6.07) is 14.2. The number of benzene rings is 2. The molecule has 24 heavy (non-hydrogen) atoms. The van der Waals surface area contributed by atoms with Crippen molar-refractivity contribution in [2.75, 3.05) is 19.0 Å². The minimum Gasteiger partial charge on any atom is -0.378 e. The maximum atomic E-state index is 13.1. The molecule has 124 valence electrons. The Balaban J connectivity index is 1.89. The van der Waals surface area contributed by atoms with Gasteiger partial charge in [0.2, 0.25) is 5.91 Å². The van der Waals surface area contributed by atoms with Gasteiger partial charge in [0.25, 0.3) is 0 Å². The molecule has 1 aliphatic rings. The third-order valence-electron chi connectivity index (χ3n) is 4.20. The molecule has 0 aliphatic carbocycles. The zero-order valence-electron chi connectivity index (χ0n) is 14.0. The van der Waals surface area contributed by atoms with E-state index in [9.17, 15) is 9.18 Å². The average Bonchev–Trinajstić information content (AvgIpc) is 3.01. The highest BCUT2D eigenvalue weighted by Crippen LogP contribution is 2.33. The molecule has 0 bridgehead atoms. The van der Waals surface area contributed by atoms with Crippen LogP contribution in [0.25, 0.3) is 0 Å². The van der Waals surface area contributed by atoms with E-state index < -0.39 is 0 Å². The predicted molar refractivity (Wildman–Crippen MR) is 93.6 cm³/mol. The summed E-state index contributed by atoms with van der Waals surface area (Å²) in [6.45, 7) is 1.51. The van der Waals surface area contributed by atoms with Crippen molar-refractivity contribution in [3.63, 3.8) is 0 Å². The summed E-state index contributed by atoms with van der Waals surface area (Å²) in [7, 11) is 3.98. The fourth-order valence-corrected chi connectivity index (χ4v) is 2.87.